The third kappa shape index (κ3) is 4.75. The number of anilines is 2. The van der Waals surface area contributed by atoms with Crippen LogP contribution in [0.1, 0.15) is 13.3 Å². The van der Waals surface area contributed by atoms with Crippen LogP contribution in [-0.2, 0) is 19.4 Å². The Morgan fingerprint density at radius 3 is 2.59 bits per heavy atom. The number of hydrogen-bond acceptors (Lipinski definition) is 6. The van der Waals surface area contributed by atoms with Gasteiger partial charge < -0.3 is 15.1 Å². The highest BCUT2D eigenvalue weighted by molar-refractivity contribution is 8.01. The molecule has 4 rings (SSSR count). The SMILES string of the molecule is CC1Sc2ccc(S(=O)(=O)CCC(=O)N3CCN(c4ccccc4F)CC3)cc2NC1=O. The Kier molecular flexibility index (Phi) is 6.43. The van der Waals surface area contributed by atoms with Gasteiger partial charge >= 0.3 is 0 Å². The third-order valence-electron chi connectivity index (χ3n) is 5.65. The van der Waals surface area contributed by atoms with Gasteiger partial charge in [0.15, 0.2) is 9.84 Å². The quantitative estimate of drug-likeness (QED) is 0.713. The maximum absolute atomic E-state index is 14.0. The molecule has 2 aliphatic heterocycles. The van der Waals surface area contributed by atoms with Crippen LogP contribution in [0.3, 0.4) is 0 Å². The minimum Gasteiger partial charge on any atom is -0.366 e. The predicted octanol–water partition coefficient (Wildman–Crippen LogP) is 2.77. The van der Waals surface area contributed by atoms with Gasteiger partial charge in [-0.2, -0.15) is 0 Å². The molecule has 0 aromatic heterocycles. The number of thioether (sulfide) groups is 1. The molecule has 2 heterocycles. The van der Waals surface area contributed by atoms with Gasteiger partial charge in [0.05, 0.1) is 27.3 Å². The molecule has 1 N–H and O–H groups in total. The second kappa shape index (κ2) is 9.11. The summed E-state index contributed by atoms with van der Waals surface area (Å²) in [4.78, 5) is 28.9. The summed E-state index contributed by atoms with van der Waals surface area (Å²) in [5.74, 6) is -1.01. The standard InChI is InChI=1S/C22H24FN3O4S2/c1-15-22(28)24-18-14-16(6-7-20(18)31-15)32(29,30)13-8-21(27)26-11-9-25(10-12-26)19-5-3-2-4-17(19)23/h2-7,14-15H,8-13H2,1H3,(H,24,28). The van der Waals surface area contributed by atoms with E-state index in [0.29, 0.717) is 37.6 Å². The monoisotopic (exact) mass is 477 g/mol. The Morgan fingerprint density at radius 1 is 1.16 bits per heavy atom. The number of benzene rings is 2. The number of hydrogen-bond donors (Lipinski definition) is 1. The molecular weight excluding hydrogens is 453 g/mol. The summed E-state index contributed by atoms with van der Waals surface area (Å²) in [5, 5.41) is 2.49. The van der Waals surface area contributed by atoms with Crippen molar-refractivity contribution < 1.29 is 22.4 Å². The van der Waals surface area contributed by atoms with Gasteiger partial charge in [0.1, 0.15) is 5.82 Å². The highest BCUT2D eigenvalue weighted by Crippen LogP contribution is 2.37. The number of amides is 2. The lowest BCUT2D eigenvalue weighted by Crippen LogP contribution is -2.49. The van der Waals surface area contributed by atoms with Crippen LogP contribution in [0.5, 0.6) is 0 Å². The van der Waals surface area contributed by atoms with Crippen LogP contribution in [-0.4, -0.2) is 62.3 Å². The number of fused-ring (bicyclic) bond motifs is 1. The number of piperazine rings is 1. The van der Waals surface area contributed by atoms with E-state index in [1.165, 1.54) is 30.0 Å². The third-order valence-corrected chi connectivity index (χ3v) is 8.54. The average Bonchev–Trinajstić information content (AvgIpc) is 2.78. The lowest BCUT2D eigenvalue weighted by atomic mass is 10.2. The molecule has 10 heteroatoms. The molecule has 7 nitrogen and oxygen atoms in total. The van der Waals surface area contributed by atoms with Gasteiger partial charge in [-0.1, -0.05) is 12.1 Å². The molecule has 0 saturated carbocycles. The molecular formula is C22H24FN3O4S2. The molecule has 2 aliphatic rings. The zero-order valence-corrected chi connectivity index (χ0v) is 19.2. The van der Waals surface area contributed by atoms with Crippen LogP contribution in [0.15, 0.2) is 52.3 Å². The smallest absolute Gasteiger partial charge is 0.237 e. The summed E-state index contributed by atoms with van der Waals surface area (Å²) >= 11 is 1.38. The van der Waals surface area contributed by atoms with Gasteiger partial charge in [0.2, 0.25) is 11.8 Å². The number of sulfone groups is 1. The van der Waals surface area contributed by atoms with Crippen molar-refractivity contribution in [2.75, 3.05) is 42.1 Å². The maximum atomic E-state index is 14.0. The van der Waals surface area contributed by atoms with Crippen molar-refractivity contribution in [2.45, 2.75) is 28.4 Å². The van der Waals surface area contributed by atoms with E-state index in [0.717, 1.165) is 4.90 Å². The highest BCUT2D eigenvalue weighted by atomic mass is 32.2. The summed E-state index contributed by atoms with van der Waals surface area (Å²) in [7, 11) is -3.69. The van der Waals surface area contributed by atoms with E-state index in [1.807, 2.05) is 4.90 Å². The van der Waals surface area contributed by atoms with Crippen LogP contribution >= 0.6 is 11.8 Å². The molecule has 1 atom stereocenters. The lowest BCUT2D eigenvalue weighted by molar-refractivity contribution is -0.131. The van der Waals surface area contributed by atoms with Gasteiger partial charge in [0.25, 0.3) is 0 Å². The molecule has 170 valence electrons. The molecule has 0 radical (unpaired) electrons. The van der Waals surface area contributed by atoms with Crippen molar-refractivity contribution in [3.63, 3.8) is 0 Å². The molecule has 0 aliphatic carbocycles. The minimum atomic E-state index is -3.69. The van der Waals surface area contributed by atoms with Gasteiger partial charge in [-0.3, -0.25) is 9.59 Å². The summed E-state index contributed by atoms with van der Waals surface area (Å²) < 4.78 is 39.5. The molecule has 0 spiro atoms. The van der Waals surface area contributed by atoms with E-state index in [2.05, 4.69) is 5.32 Å². The molecule has 1 saturated heterocycles. The molecule has 2 aromatic rings. The first-order chi connectivity index (χ1) is 15.2. The van der Waals surface area contributed by atoms with E-state index in [9.17, 15) is 22.4 Å². The lowest BCUT2D eigenvalue weighted by Gasteiger charge is -2.36. The fourth-order valence-electron chi connectivity index (χ4n) is 3.78. The van der Waals surface area contributed by atoms with Crippen molar-refractivity contribution in [3.8, 4) is 0 Å². The zero-order valence-electron chi connectivity index (χ0n) is 17.6. The Bertz CT molecular complexity index is 1150. The van der Waals surface area contributed by atoms with Crippen LogP contribution < -0.4 is 10.2 Å². The van der Waals surface area contributed by atoms with Crippen LogP contribution in [0.2, 0.25) is 0 Å². The number of rotatable bonds is 5. The van der Waals surface area contributed by atoms with Crippen molar-refractivity contribution in [1.82, 2.24) is 4.90 Å². The molecule has 2 amide bonds. The summed E-state index contributed by atoms with van der Waals surface area (Å²) in [6.07, 6.45) is -0.128. The molecule has 32 heavy (non-hydrogen) atoms. The second-order valence-electron chi connectivity index (χ2n) is 7.80. The summed E-state index contributed by atoms with van der Waals surface area (Å²) in [6, 6.07) is 11.2. The average molecular weight is 478 g/mol. The number of carbonyl (C=O) groups is 2. The first-order valence-electron chi connectivity index (χ1n) is 10.4. The van der Waals surface area contributed by atoms with Crippen LogP contribution in [0.4, 0.5) is 15.8 Å². The van der Waals surface area contributed by atoms with Gasteiger partial charge in [0, 0.05) is 37.5 Å². The Hall–Kier alpha value is -2.59. The zero-order chi connectivity index (χ0) is 22.9. The predicted molar refractivity (Wildman–Crippen MR) is 122 cm³/mol. The van der Waals surface area contributed by atoms with Crippen molar-refractivity contribution in [1.29, 1.82) is 0 Å². The normalized spacial score (nSPS) is 18.8. The Balaban J connectivity index is 1.34. The summed E-state index contributed by atoms with van der Waals surface area (Å²) in [5.41, 5.74) is 0.990. The number of nitrogens with one attached hydrogen (secondary N) is 1. The van der Waals surface area contributed by atoms with E-state index >= 15 is 0 Å². The first kappa shape index (κ1) is 22.6. The van der Waals surface area contributed by atoms with E-state index in [4.69, 9.17) is 0 Å². The van der Waals surface area contributed by atoms with Crippen molar-refractivity contribution >= 4 is 44.8 Å². The first-order valence-corrected chi connectivity index (χ1v) is 12.9. The topological polar surface area (TPSA) is 86.8 Å². The van der Waals surface area contributed by atoms with E-state index in [-0.39, 0.29) is 40.0 Å². The van der Waals surface area contributed by atoms with Gasteiger partial charge in [-0.05, 0) is 37.3 Å². The Labute approximate surface area is 190 Å². The van der Waals surface area contributed by atoms with Crippen molar-refractivity contribution in [3.05, 3.63) is 48.3 Å². The van der Waals surface area contributed by atoms with Crippen LogP contribution in [0, 0.1) is 5.82 Å². The van der Waals surface area contributed by atoms with E-state index in [1.54, 1.807) is 36.1 Å². The van der Waals surface area contributed by atoms with E-state index < -0.39 is 9.84 Å². The molecule has 1 fully saturated rings. The fraction of sp³-hybridized carbons (Fsp3) is 0.364. The number of carbonyl (C=O) groups excluding carboxylic acids is 2. The Morgan fingerprint density at radius 2 is 1.88 bits per heavy atom. The van der Waals surface area contributed by atoms with Crippen LogP contribution in [0.25, 0.3) is 0 Å². The number of halogens is 1. The largest absolute Gasteiger partial charge is 0.366 e. The van der Waals surface area contributed by atoms with Gasteiger partial charge in [-0.15, -0.1) is 11.8 Å². The molecule has 1 unspecified atom stereocenters. The summed E-state index contributed by atoms with van der Waals surface area (Å²) in [6.45, 7) is 3.58. The molecule has 2 aromatic carbocycles. The highest BCUT2D eigenvalue weighted by Gasteiger charge is 2.27. The number of para-hydroxylation sites is 1. The van der Waals surface area contributed by atoms with Crippen molar-refractivity contribution in [2.24, 2.45) is 0 Å². The van der Waals surface area contributed by atoms with Gasteiger partial charge in [-0.25, -0.2) is 12.8 Å². The fourth-order valence-corrected chi connectivity index (χ4v) is 5.97. The second-order valence-corrected chi connectivity index (χ2v) is 11.3. The number of nitrogens with zero attached hydrogens (tertiary/aromatic N) is 2. The minimum absolute atomic E-state index is 0.0869. The molecule has 0 bridgehead atoms. The maximum Gasteiger partial charge on any atom is 0.237 e.